The average molecular weight is 485 g/mol. The summed E-state index contributed by atoms with van der Waals surface area (Å²) in [5, 5.41) is 11.2. The molecule has 1 amide bonds. The number of nitrogens with zero attached hydrogens (tertiary/aromatic N) is 3. The minimum atomic E-state index is -1.04. The molecule has 0 saturated heterocycles. The summed E-state index contributed by atoms with van der Waals surface area (Å²) < 4.78 is 0. The van der Waals surface area contributed by atoms with Gasteiger partial charge in [0.25, 0.3) is 0 Å². The summed E-state index contributed by atoms with van der Waals surface area (Å²) in [6.45, 7) is 1.41. The third kappa shape index (κ3) is 3.65. The van der Waals surface area contributed by atoms with Gasteiger partial charge in [-0.05, 0) is 54.1 Å². The van der Waals surface area contributed by atoms with E-state index < -0.39 is 5.97 Å². The number of carboxylic acid groups (broad SMARTS) is 1. The molecule has 0 radical (unpaired) electrons. The van der Waals surface area contributed by atoms with Crippen LogP contribution in [0.15, 0.2) is 90.8 Å². The van der Waals surface area contributed by atoms with Crippen molar-refractivity contribution in [3.05, 3.63) is 108 Å². The van der Waals surface area contributed by atoms with Crippen molar-refractivity contribution in [2.24, 2.45) is 0 Å². The minimum absolute atomic E-state index is 0.138. The van der Waals surface area contributed by atoms with Gasteiger partial charge in [0, 0.05) is 35.0 Å². The van der Waals surface area contributed by atoms with Crippen LogP contribution in [0, 0.1) is 0 Å². The number of carbonyl (C=O) groups excluding carboxylic acids is 2. The summed E-state index contributed by atoms with van der Waals surface area (Å²) in [5.41, 5.74) is 4.64. The fourth-order valence-corrected chi connectivity index (χ4v) is 4.84. The number of hydrogen-bond acceptors (Lipinski definition) is 5. The summed E-state index contributed by atoms with van der Waals surface area (Å²) >= 11 is 0. The van der Waals surface area contributed by atoms with Crippen LogP contribution in [0.5, 0.6) is 0 Å². The molecule has 0 unspecified atom stereocenters. The number of carboxylic acids is 1. The van der Waals surface area contributed by atoms with Crippen molar-refractivity contribution in [1.29, 1.82) is 0 Å². The van der Waals surface area contributed by atoms with E-state index in [0.29, 0.717) is 27.8 Å². The van der Waals surface area contributed by atoms with E-state index in [-0.39, 0.29) is 23.0 Å². The van der Waals surface area contributed by atoms with Crippen LogP contribution >= 0.6 is 0 Å². The Morgan fingerprint density at radius 1 is 0.892 bits per heavy atom. The number of anilines is 1. The SMILES string of the molecule is CC(=O)N1/C(=C\c2cc(-c3cccc4cccnc34)c3cc(C(=O)O)ccc3n2)C(=O)c2ccccc21. The van der Waals surface area contributed by atoms with Crippen LogP contribution < -0.4 is 4.90 Å². The van der Waals surface area contributed by atoms with E-state index in [4.69, 9.17) is 4.98 Å². The summed E-state index contributed by atoms with van der Waals surface area (Å²) in [6, 6.07) is 23.1. The number of carbonyl (C=O) groups is 3. The van der Waals surface area contributed by atoms with Gasteiger partial charge in [0.15, 0.2) is 0 Å². The highest BCUT2D eigenvalue weighted by molar-refractivity contribution is 6.26. The average Bonchev–Trinajstić information content (AvgIpc) is 3.19. The Balaban J connectivity index is 1.62. The highest BCUT2D eigenvalue weighted by atomic mass is 16.4. The second-order valence-corrected chi connectivity index (χ2v) is 8.74. The molecule has 0 atom stereocenters. The third-order valence-electron chi connectivity index (χ3n) is 6.46. The van der Waals surface area contributed by atoms with Crippen molar-refractivity contribution < 1.29 is 19.5 Å². The van der Waals surface area contributed by atoms with E-state index in [2.05, 4.69) is 4.98 Å². The predicted octanol–water partition coefficient (Wildman–Crippen LogP) is 5.74. The molecule has 5 aromatic rings. The predicted molar refractivity (Wildman–Crippen MR) is 141 cm³/mol. The van der Waals surface area contributed by atoms with E-state index in [9.17, 15) is 19.5 Å². The summed E-state index contributed by atoms with van der Waals surface area (Å²) in [5.74, 6) is -1.58. The summed E-state index contributed by atoms with van der Waals surface area (Å²) in [7, 11) is 0. The van der Waals surface area contributed by atoms with E-state index >= 15 is 0 Å². The number of hydrogen-bond donors (Lipinski definition) is 1. The number of rotatable bonds is 3. The molecule has 3 heterocycles. The summed E-state index contributed by atoms with van der Waals surface area (Å²) in [4.78, 5) is 48.2. The van der Waals surface area contributed by atoms with Crippen LogP contribution in [0.1, 0.15) is 33.3 Å². The molecular weight excluding hydrogens is 466 g/mol. The molecule has 0 aliphatic carbocycles. The monoisotopic (exact) mass is 485 g/mol. The molecule has 1 N–H and O–H groups in total. The zero-order chi connectivity index (χ0) is 25.7. The maximum atomic E-state index is 13.3. The van der Waals surface area contributed by atoms with Crippen molar-refractivity contribution in [3.8, 4) is 11.1 Å². The highest BCUT2D eigenvalue weighted by Gasteiger charge is 2.34. The van der Waals surface area contributed by atoms with Crippen LogP contribution in [0.2, 0.25) is 0 Å². The van der Waals surface area contributed by atoms with Crippen molar-refractivity contribution in [2.45, 2.75) is 6.92 Å². The fraction of sp³-hybridized carbons (Fsp3) is 0.0333. The molecule has 0 fully saturated rings. The first-order valence-corrected chi connectivity index (χ1v) is 11.6. The first-order chi connectivity index (χ1) is 17.9. The maximum absolute atomic E-state index is 13.3. The lowest BCUT2D eigenvalue weighted by molar-refractivity contribution is -0.116. The van der Waals surface area contributed by atoms with E-state index in [0.717, 1.165) is 22.0 Å². The van der Waals surface area contributed by atoms with Crippen LogP contribution in [0.3, 0.4) is 0 Å². The largest absolute Gasteiger partial charge is 0.478 e. The first-order valence-electron chi connectivity index (χ1n) is 11.6. The molecule has 7 heteroatoms. The molecule has 0 bridgehead atoms. The number of benzene rings is 3. The van der Waals surface area contributed by atoms with Gasteiger partial charge in [0.05, 0.1) is 33.7 Å². The Hall–Kier alpha value is -5.17. The molecule has 3 aromatic carbocycles. The number of amides is 1. The molecular formula is C30H19N3O4. The number of aromatic nitrogens is 2. The van der Waals surface area contributed by atoms with Crippen molar-refractivity contribution >= 4 is 51.2 Å². The molecule has 7 nitrogen and oxygen atoms in total. The second kappa shape index (κ2) is 8.49. The highest BCUT2D eigenvalue weighted by Crippen LogP contribution is 2.37. The van der Waals surface area contributed by atoms with E-state index in [1.54, 1.807) is 54.7 Å². The Labute approximate surface area is 211 Å². The van der Waals surface area contributed by atoms with Crippen LogP contribution in [0.25, 0.3) is 39.0 Å². The number of aromatic carboxylic acids is 1. The molecule has 1 aliphatic rings. The van der Waals surface area contributed by atoms with Gasteiger partial charge in [0.1, 0.15) is 0 Å². The first kappa shape index (κ1) is 22.3. The van der Waals surface area contributed by atoms with Crippen LogP contribution in [-0.2, 0) is 4.79 Å². The lowest BCUT2D eigenvalue weighted by Gasteiger charge is -2.16. The molecule has 0 saturated carbocycles. The number of ketones is 1. The number of para-hydroxylation sites is 2. The standard InChI is InChI=1S/C30H19N3O4/c1-17(34)33-26-10-3-2-8-22(26)29(35)27(33)16-20-15-23(21-9-4-6-18-7-5-13-31-28(18)21)24-14-19(30(36)37)11-12-25(24)32-20/h2-16H,1H3,(H,36,37)/b27-16-. The molecule has 1 aliphatic heterocycles. The molecule has 178 valence electrons. The quantitative estimate of drug-likeness (QED) is 0.327. The van der Waals surface area contributed by atoms with Gasteiger partial charge < -0.3 is 5.11 Å². The Morgan fingerprint density at radius 3 is 2.49 bits per heavy atom. The zero-order valence-electron chi connectivity index (χ0n) is 19.7. The maximum Gasteiger partial charge on any atom is 0.335 e. The fourth-order valence-electron chi connectivity index (χ4n) is 4.84. The van der Waals surface area contributed by atoms with Crippen LogP contribution in [0.4, 0.5) is 5.69 Å². The van der Waals surface area contributed by atoms with Crippen molar-refractivity contribution in [3.63, 3.8) is 0 Å². The number of allylic oxidation sites excluding steroid dienone is 1. The number of Topliss-reactive ketones (excluding diaryl/α,β-unsaturated/α-hetero) is 1. The third-order valence-corrected chi connectivity index (χ3v) is 6.46. The van der Waals surface area contributed by atoms with Gasteiger partial charge in [-0.2, -0.15) is 0 Å². The van der Waals surface area contributed by atoms with Crippen molar-refractivity contribution in [2.75, 3.05) is 4.90 Å². The normalized spacial score (nSPS) is 13.9. The number of fused-ring (bicyclic) bond motifs is 3. The molecule has 2 aromatic heterocycles. The Morgan fingerprint density at radius 2 is 1.68 bits per heavy atom. The Bertz CT molecular complexity index is 1820. The topological polar surface area (TPSA) is 100 Å². The van der Waals surface area contributed by atoms with E-state index in [1.807, 2.05) is 30.3 Å². The molecule has 0 spiro atoms. The second-order valence-electron chi connectivity index (χ2n) is 8.74. The zero-order valence-corrected chi connectivity index (χ0v) is 19.7. The lowest BCUT2D eigenvalue weighted by atomic mass is 9.96. The van der Waals surface area contributed by atoms with Gasteiger partial charge in [-0.15, -0.1) is 0 Å². The van der Waals surface area contributed by atoms with E-state index in [1.165, 1.54) is 17.9 Å². The van der Waals surface area contributed by atoms with Gasteiger partial charge in [-0.3, -0.25) is 19.5 Å². The Kier molecular flexibility index (Phi) is 5.12. The van der Waals surface area contributed by atoms with Gasteiger partial charge in [-0.25, -0.2) is 9.78 Å². The molecule has 37 heavy (non-hydrogen) atoms. The smallest absolute Gasteiger partial charge is 0.335 e. The van der Waals surface area contributed by atoms with Crippen molar-refractivity contribution in [1.82, 2.24) is 9.97 Å². The summed E-state index contributed by atoms with van der Waals surface area (Å²) in [6.07, 6.45) is 3.32. The number of pyridine rings is 2. The van der Waals surface area contributed by atoms with Gasteiger partial charge in [-0.1, -0.05) is 36.4 Å². The van der Waals surface area contributed by atoms with Gasteiger partial charge in [0.2, 0.25) is 11.7 Å². The van der Waals surface area contributed by atoms with Gasteiger partial charge >= 0.3 is 5.97 Å². The van der Waals surface area contributed by atoms with Crippen LogP contribution in [-0.4, -0.2) is 32.7 Å². The molecule has 6 rings (SSSR count). The minimum Gasteiger partial charge on any atom is -0.478 e. The lowest BCUT2D eigenvalue weighted by Crippen LogP contribution is -2.25.